The highest BCUT2D eigenvalue weighted by atomic mass is 16.5. The zero-order valence-electron chi connectivity index (χ0n) is 10.3. The van der Waals surface area contributed by atoms with E-state index in [0.29, 0.717) is 19.4 Å². The Hall–Kier alpha value is -1.37. The van der Waals surface area contributed by atoms with Crippen molar-refractivity contribution in [3.05, 3.63) is 0 Å². The van der Waals surface area contributed by atoms with Crippen LogP contribution in [0.2, 0.25) is 0 Å². The minimum atomic E-state index is -0.285. The molecule has 17 heavy (non-hydrogen) atoms. The van der Waals surface area contributed by atoms with E-state index in [1.807, 2.05) is 0 Å². The fourth-order valence-corrected chi connectivity index (χ4v) is 2.38. The maximum atomic E-state index is 12.1. The largest absolute Gasteiger partial charge is 0.466 e. The Morgan fingerprint density at radius 1 is 1.47 bits per heavy atom. The Kier molecular flexibility index (Phi) is 5.68. The summed E-state index contributed by atoms with van der Waals surface area (Å²) in [7, 11) is 0. The highest BCUT2D eigenvalue weighted by Gasteiger charge is 2.32. The minimum Gasteiger partial charge on any atom is -0.466 e. The summed E-state index contributed by atoms with van der Waals surface area (Å²) in [5.74, 6) is -0.347. The molecular formula is C13H19NO3. The Morgan fingerprint density at radius 2 is 2.18 bits per heavy atom. The molecule has 4 heteroatoms. The zero-order chi connectivity index (χ0) is 12.7. The van der Waals surface area contributed by atoms with Crippen LogP contribution < -0.4 is 0 Å². The quantitative estimate of drug-likeness (QED) is 0.688. The number of ether oxygens (including phenoxy) is 1. The van der Waals surface area contributed by atoms with Crippen LogP contribution in [0, 0.1) is 23.2 Å². The van der Waals surface area contributed by atoms with E-state index in [9.17, 15) is 9.59 Å². The Balaban J connectivity index is 2.47. The summed E-state index contributed by atoms with van der Waals surface area (Å²) in [5.41, 5.74) is 0. The number of carbonyl (C=O) groups is 2. The number of carbonyl (C=O) groups excluding carboxylic acids is 2. The molecule has 4 nitrogen and oxygen atoms in total. The number of ketones is 1. The SMILES string of the molecule is CCOC(=O)C[C@@H]1CCC[C@H](CCC#N)C1=O. The molecule has 0 bridgehead atoms. The van der Waals surface area contributed by atoms with E-state index in [1.54, 1.807) is 6.92 Å². The van der Waals surface area contributed by atoms with Crippen molar-refractivity contribution in [2.75, 3.05) is 6.61 Å². The first-order valence-corrected chi connectivity index (χ1v) is 6.25. The third-order valence-electron chi connectivity index (χ3n) is 3.23. The number of Topliss-reactive ketones (excluding diaryl/α,β-unsaturated/α-hetero) is 1. The van der Waals surface area contributed by atoms with Crippen LogP contribution in [0.1, 0.15) is 45.4 Å². The highest BCUT2D eigenvalue weighted by molar-refractivity contribution is 5.87. The van der Waals surface area contributed by atoms with Crippen molar-refractivity contribution in [2.24, 2.45) is 11.8 Å². The average molecular weight is 237 g/mol. The molecule has 0 aliphatic heterocycles. The maximum absolute atomic E-state index is 12.1. The first kappa shape index (κ1) is 13.7. The first-order valence-electron chi connectivity index (χ1n) is 6.25. The molecule has 1 fully saturated rings. The lowest BCUT2D eigenvalue weighted by Gasteiger charge is -2.26. The number of nitriles is 1. The zero-order valence-corrected chi connectivity index (χ0v) is 10.3. The van der Waals surface area contributed by atoms with Gasteiger partial charge in [0.2, 0.25) is 0 Å². The van der Waals surface area contributed by atoms with Gasteiger partial charge in [-0.05, 0) is 26.2 Å². The summed E-state index contributed by atoms with van der Waals surface area (Å²) >= 11 is 0. The number of hydrogen-bond donors (Lipinski definition) is 0. The second-order valence-electron chi connectivity index (χ2n) is 4.43. The Labute approximate surface area is 102 Å². The molecule has 0 aromatic carbocycles. The summed E-state index contributed by atoms with van der Waals surface area (Å²) in [6, 6.07) is 2.07. The van der Waals surface area contributed by atoms with E-state index >= 15 is 0 Å². The summed E-state index contributed by atoms with van der Waals surface area (Å²) in [4.78, 5) is 23.4. The van der Waals surface area contributed by atoms with Crippen LogP contribution in [0.4, 0.5) is 0 Å². The van der Waals surface area contributed by atoms with Crippen molar-refractivity contribution in [1.82, 2.24) is 0 Å². The fraction of sp³-hybridized carbons (Fsp3) is 0.769. The van der Waals surface area contributed by atoms with E-state index in [2.05, 4.69) is 6.07 Å². The predicted octanol–water partition coefficient (Wildman–Crippen LogP) is 2.23. The topological polar surface area (TPSA) is 67.2 Å². The van der Waals surface area contributed by atoms with Crippen molar-refractivity contribution in [3.8, 4) is 6.07 Å². The number of nitrogens with zero attached hydrogens (tertiary/aromatic N) is 1. The van der Waals surface area contributed by atoms with Crippen LogP contribution in [0.25, 0.3) is 0 Å². The van der Waals surface area contributed by atoms with E-state index in [1.165, 1.54) is 0 Å². The van der Waals surface area contributed by atoms with Crippen LogP contribution in [-0.4, -0.2) is 18.4 Å². The van der Waals surface area contributed by atoms with Gasteiger partial charge in [-0.1, -0.05) is 6.42 Å². The predicted molar refractivity (Wildman–Crippen MR) is 61.9 cm³/mol. The lowest BCUT2D eigenvalue weighted by molar-refractivity contribution is -0.147. The lowest BCUT2D eigenvalue weighted by atomic mass is 9.77. The van der Waals surface area contributed by atoms with E-state index < -0.39 is 0 Å². The summed E-state index contributed by atoms with van der Waals surface area (Å²) < 4.78 is 4.87. The molecule has 1 rings (SSSR count). The molecule has 0 aromatic rings. The molecule has 2 atom stereocenters. The third-order valence-corrected chi connectivity index (χ3v) is 3.23. The van der Waals surface area contributed by atoms with Gasteiger partial charge in [-0.2, -0.15) is 5.26 Å². The van der Waals surface area contributed by atoms with Crippen LogP contribution in [0.5, 0.6) is 0 Å². The van der Waals surface area contributed by atoms with E-state index in [0.717, 1.165) is 19.3 Å². The molecule has 0 radical (unpaired) electrons. The molecule has 0 heterocycles. The smallest absolute Gasteiger partial charge is 0.306 e. The monoisotopic (exact) mass is 237 g/mol. The fourth-order valence-electron chi connectivity index (χ4n) is 2.38. The van der Waals surface area contributed by atoms with E-state index in [-0.39, 0.29) is 30.0 Å². The summed E-state index contributed by atoms with van der Waals surface area (Å²) in [5, 5.41) is 8.53. The van der Waals surface area contributed by atoms with E-state index in [4.69, 9.17) is 10.00 Å². The van der Waals surface area contributed by atoms with Gasteiger partial charge in [-0.3, -0.25) is 9.59 Å². The van der Waals surface area contributed by atoms with Gasteiger partial charge in [-0.25, -0.2) is 0 Å². The third kappa shape index (κ3) is 4.18. The normalized spacial score (nSPS) is 24.1. The van der Waals surface area contributed by atoms with Crippen LogP contribution >= 0.6 is 0 Å². The van der Waals surface area contributed by atoms with Crippen LogP contribution in [-0.2, 0) is 14.3 Å². The average Bonchev–Trinajstić information content (AvgIpc) is 2.30. The standard InChI is InChI=1S/C13H19NO3/c1-2-17-12(15)9-11-6-3-5-10(13(11)16)7-4-8-14/h10-11H,2-7,9H2,1H3/t10-,11+/m1/s1. The van der Waals surface area contributed by atoms with Crippen molar-refractivity contribution in [1.29, 1.82) is 5.26 Å². The summed E-state index contributed by atoms with van der Waals surface area (Å²) in [6.45, 7) is 2.12. The maximum Gasteiger partial charge on any atom is 0.306 e. The minimum absolute atomic E-state index is 0.0252. The second kappa shape index (κ2) is 7.05. The van der Waals surface area contributed by atoms with Crippen molar-refractivity contribution < 1.29 is 14.3 Å². The first-order chi connectivity index (χ1) is 8.19. The van der Waals surface area contributed by atoms with Gasteiger partial charge in [0, 0.05) is 18.3 Å². The summed E-state index contributed by atoms with van der Waals surface area (Å²) in [6.07, 6.45) is 3.86. The molecule has 1 aliphatic rings. The van der Waals surface area contributed by atoms with Crippen molar-refractivity contribution in [3.63, 3.8) is 0 Å². The molecular weight excluding hydrogens is 218 g/mol. The van der Waals surface area contributed by atoms with Crippen LogP contribution in [0.15, 0.2) is 0 Å². The molecule has 94 valence electrons. The van der Waals surface area contributed by atoms with Gasteiger partial charge in [0.25, 0.3) is 0 Å². The van der Waals surface area contributed by atoms with Gasteiger partial charge in [0.05, 0.1) is 19.1 Å². The molecule has 1 saturated carbocycles. The van der Waals surface area contributed by atoms with Gasteiger partial charge in [0.15, 0.2) is 0 Å². The number of esters is 1. The highest BCUT2D eigenvalue weighted by Crippen LogP contribution is 2.30. The molecule has 1 aliphatic carbocycles. The molecule has 0 unspecified atom stereocenters. The Bertz CT molecular complexity index is 319. The number of rotatable bonds is 5. The Morgan fingerprint density at radius 3 is 2.82 bits per heavy atom. The van der Waals surface area contributed by atoms with Crippen molar-refractivity contribution >= 4 is 11.8 Å². The molecule has 0 aromatic heterocycles. The van der Waals surface area contributed by atoms with Gasteiger partial charge >= 0.3 is 5.97 Å². The van der Waals surface area contributed by atoms with Gasteiger partial charge in [-0.15, -0.1) is 0 Å². The van der Waals surface area contributed by atoms with Gasteiger partial charge in [0.1, 0.15) is 5.78 Å². The number of hydrogen-bond acceptors (Lipinski definition) is 4. The molecule has 0 N–H and O–H groups in total. The molecule has 0 amide bonds. The van der Waals surface area contributed by atoms with Gasteiger partial charge < -0.3 is 4.74 Å². The van der Waals surface area contributed by atoms with Crippen LogP contribution in [0.3, 0.4) is 0 Å². The molecule has 0 saturated heterocycles. The lowest BCUT2D eigenvalue weighted by Crippen LogP contribution is -2.30. The van der Waals surface area contributed by atoms with Crippen molar-refractivity contribution in [2.45, 2.75) is 45.4 Å². The molecule has 0 spiro atoms. The second-order valence-corrected chi connectivity index (χ2v) is 4.43.